The molecule has 3 aromatic carbocycles. The van der Waals surface area contributed by atoms with Gasteiger partial charge in [0.25, 0.3) is 0 Å². The Kier molecular flexibility index (Phi) is 9.41. The molecule has 5 aromatic rings. The summed E-state index contributed by atoms with van der Waals surface area (Å²) in [5.74, 6) is 0.0304. The van der Waals surface area contributed by atoms with Gasteiger partial charge in [0.2, 0.25) is 5.91 Å². The molecule has 1 N–H and O–H groups in total. The molecule has 0 bridgehead atoms. The summed E-state index contributed by atoms with van der Waals surface area (Å²) >= 11 is 1.43. The summed E-state index contributed by atoms with van der Waals surface area (Å²) in [4.78, 5) is 35.5. The highest BCUT2D eigenvalue weighted by Crippen LogP contribution is 2.37. The number of nitrogens with zero attached hydrogens (tertiary/aromatic N) is 4. The Hall–Kier alpha value is -4.61. The molecule has 0 spiro atoms. The third-order valence-electron chi connectivity index (χ3n) is 8.17. The van der Waals surface area contributed by atoms with Crippen molar-refractivity contribution in [2.45, 2.75) is 51.4 Å². The van der Waals surface area contributed by atoms with Crippen LogP contribution in [0.5, 0.6) is 5.75 Å². The van der Waals surface area contributed by atoms with Crippen molar-refractivity contribution in [1.82, 2.24) is 19.4 Å². The predicted octanol–water partition coefficient (Wildman–Crippen LogP) is 7.35. The standard InChI is InChI=1S/C35H35FN4O5S/c1-39(2)32(41)21-44-20-31-38-33(22-8-13-25(36)14-9-22)30(46-31)19-45-27-15-10-23(11-16-27)34-37-28-18-24(35(42)43)12-17-29(28)40(34)26-6-4-3-5-7-26/h8-18,26H,3-7,19-21H2,1-2H3,(H,42,43). The van der Waals surface area contributed by atoms with Crippen molar-refractivity contribution in [3.05, 3.63) is 88.0 Å². The average Bonchev–Trinajstić information content (AvgIpc) is 3.66. The molecule has 2 heterocycles. The minimum absolute atomic E-state index is 0.0497. The molecule has 1 fully saturated rings. The number of fused-ring (bicyclic) bond motifs is 1. The van der Waals surface area contributed by atoms with Crippen LogP contribution in [0.2, 0.25) is 0 Å². The topological polar surface area (TPSA) is 107 Å². The first-order valence-corrected chi connectivity index (χ1v) is 16.1. The molecule has 238 valence electrons. The third kappa shape index (κ3) is 6.95. The Balaban J connectivity index is 1.23. The first-order valence-electron chi connectivity index (χ1n) is 15.3. The van der Waals surface area contributed by atoms with E-state index in [1.54, 1.807) is 38.4 Å². The van der Waals surface area contributed by atoms with E-state index >= 15 is 0 Å². The van der Waals surface area contributed by atoms with Crippen molar-refractivity contribution in [2.75, 3.05) is 20.7 Å². The minimum Gasteiger partial charge on any atom is -0.488 e. The molecule has 0 atom stereocenters. The van der Waals surface area contributed by atoms with Gasteiger partial charge >= 0.3 is 5.97 Å². The second-order valence-corrected chi connectivity index (χ2v) is 12.8. The molecule has 46 heavy (non-hydrogen) atoms. The van der Waals surface area contributed by atoms with Crippen LogP contribution >= 0.6 is 11.3 Å². The van der Waals surface area contributed by atoms with E-state index in [2.05, 4.69) is 4.57 Å². The van der Waals surface area contributed by atoms with Crippen LogP contribution in [0.4, 0.5) is 4.39 Å². The predicted molar refractivity (Wildman–Crippen MR) is 174 cm³/mol. The molecule has 0 radical (unpaired) electrons. The maximum Gasteiger partial charge on any atom is 0.335 e. The number of amides is 1. The highest BCUT2D eigenvalue weighted by molar-refractivity contribution is 7.12. The van der Waals surface area contributed by atoms with Crippen molar-refractivity contribution in [3.8, 4) is 28.4 Å². The highest BCUT2D eigenvalue weighted by atomic mass is 32.1. The number of aromatic nitrogens is 3. The van der Waals surface area contributed by atoms with Gasteiger partial charge in [-0.15, -0.1) is 11.3 Å². The minimum atomic E-state index is -0.972. The van der Waals surface area contributed by atoms with E-state index in [1.807, 2.05) is 30.3 Å². The molecule has 9 nitrogen and oxygen atoms in total. The van der Waals surface area contributed by atoms with Gasteiger partial charge in [-0.3, -0.25) is 4.79 Å². The molecule has 6 rings (SSSR count). The highest BCUT2D eigenvalue weighted by Gasteiger charge is 2.23. The zero-order valence-electron chi connectivity index (χ0n) is 25.7. The van der Waals surface area contributed by atoms with Gasteiger partial charge in [-0.05, 0) is 79.6 Å². The molecule has 1 aliphatic rings. The number of imidazole rings is 1. The molecular weight excluding hydrogens is 607 g/mol. The van der Waals surface area contributed by atoms with Gasteiger partial charge in [-0.25, -0.2) is 19.2 Å². The van der Waals surface area contributed by atoms with Gasteiger partial charge < -0.3 is 24.0 Å². The van der Waals surface area contributed by atoms with E-state index in [0.717, 1.165) is 53.0 Å². The van der Waals surface area contributed by atoms with E-state index in [4.69, 9.17) is 19.4 Å². The monoisotopic (exact) mass is 642 g/mol. The number of carbonyl (C=O) groups excluding carboxylic acids is 1. The number of hydrogen-bond acceptors (Lipinski definition) is 7. The number of likely N-dealkylation sites (N-methyl/N-ethyl adjacent to an activating group) is 1. The van der Waals surface area contributed by atoms with Crippen LogP contribution in [0.1, 0.15) is 58.4 Å². The van der Waals surface area contributed by atoms with Gasteiger partial charge in [-0.2, -0.15) is 0 Å². The molecule has 1 saturated carbocycles. The van der Waals surface area contributed by atoms with Gasteiger partial charge in [0, 0.05) is 31.3 Å². The van der Waals surface area contributed by atoms with E-state index in [9.17, 15) is 19.1 Å². The Morgan fingerprint density at radius 3 is 2.37 bits per heavy atom. The number of carbonyl (C=O) groups is 2. The van der Waals surface area contributed by atoms with Crippen LogP contribution in [0.3, 0.4) is 0 Å². The lowest BCUT2D eigenvalue weighted by molar-refractivity contribution is -0.133. The van der Waals surface area contributed by atoms with Crippen LogP contribution in [0.25, 0.3) is 33.7 Å². The number of hydrogen-bond donors (Lipinski definition) is 1. The smallest absolute Gasteiger partial charge is 0.335 e. The Morgan fingerprint density at radius 1 is 0.957 bits per heavy atom. The summed E-state index contributed by atoms with van der Waals surface area (Å²) in [5.41, 5.74) is 4.19. The van der Waals surface area contributed by atoms with Crippen LogP contribution in [-0.2, 0) is 22.7 Å². The van der Waals surface area contributed by atoms with Crippen LogP contribution in [-0.4, -0.2) is 57.1 Å². The normalized spacial score (nSPS) is 13.6. The third-order valence-corrected chi connectivity index (χ3v) is 9.17. The molecule has 1 amide bonds. The fraction of sp³-hybridized carbons (Fsp3) is 0.314. The lowest BCUT2D eigenvalue weighted by Crippen LogP contribution is -2.26. The van der Waals surface area contributed by atoms with Gasteiger partial charge in [-0.1, -0.05) is 19.3 Å². The van der Waals surface area contributed by atoms with E-state index in [-0.39, 0.29) is 37.1 Å². The zero-order valence-corrected chi connectivity index (χ0v) is 26.6. The quantitative estimate of drug-likeness (QED) is 0.161. The van der Waals surface area contributed by atoms with Crippen molar-refractivity contribution < 1.29 is 28.6 Å². The van der Waals surface area contributed by atoms with E-state index in [0.29, 0.717) is 28.0 Å². The largest absolute Gasteiger partial charge is 0.488 e. The Morgan fingerprint density at radius 2 is 1.67 bits per heavy atom. The Labute approximate surface area is 270 Å². The summed E-state index contributed by atoms with van der Waals surface area (Å²) in [6.45, 7) is 0.355. The number of rotatable bonds is 11. The van der Waals surface area contributed by atoms with Crippen molar-refractivity contribution >= 4 is 34.2 Å². The number of ether oxygens (including phenoxy) is 2. The zero-order chi connectivity index (χ0) is 32.2. The number of carboxylic acid groups (broad SMARTS) is 1. The maximum atomic E-state index is 13.7. The second-order valence-electron chi connectivity index (χ2n) is 11.6. The molecule has 0 saturated heterocycles. The number of thiazole rings is 1. The average molecular weight is 643 g/mol. The van der Waals surface area contributed by atoms with Gasteiger partial charge in [0.1, 0.15) is 35.6 Å². The van der Waals surface area contributed by atoms with Crippen LogP contribution in [0, 0.1) is 5.82 Å². The van der Waals surface area contributed by atoms with Crippen molar-refractivity contribution in [2.24, 2.45) is 0 Å². The molecule has 0 aliphatic heterocycles. The molecular formula is C35H35FN4O5S. The number of carboxylic acids is 1. The Bertz CT molecular complexity index is 1840. The summed E-state index contributed by atoms with van der Waals surface area (Å²) < 4.78 is 27.7. The molecule has 1 aliphatic carbocycles. The van der Waals surface area contributed by atoms with E-state index in [1.165, 1.54) is 34.8 Å². The number of halogens is 1. The summed E-state index contributed by atoms with van der Waals surface area (Å²) in [6, 6.07) is 19.4. The van der Waals surface area contributed by atoms with Crippen LogP contribution < -0.4 is 4.74 Å². The molecule has 0 unspecified atom stereocenters. The molecule has 2 aromatic heterocycles. The lowest BCUT2D eigenvalue weighted by Gasteiger charge is -2.25. The second kappa shape index (κ2) is 13.8. The summed E-state index contributed by atoms with van der Waals surface area (Å²) in [7, 11) is 3.35. The maximum absolute atomic E-state index is 13.7. The number of aromatic carboxylic acids is 1. The fourth-order valence-electron chi connectivity index (χ4n) is 5.74. The summed E-state index contributed by atoms with van der Waals surface area (Å²) in [5, 5.41) is 10.2. The van der Waals surface area contributed by atoms with Crippen molar-refractivity contribution in [3.63, 3.8) is 0 Å². The summed E-state index contributed by atoms with van der Waals surface area (Å²) in [6.07, 6.45) is 5.66. The van der Waals surface area contributed by atoms with Crippen molar-refractivity contribution in [1.29, 1.82) is 0 Å². The fourth-order valence-corrected chi connectivity index (χ4v) is 6.68. The van der Waals surface area contributed by atoms with Gasteiger partial charge in [0.15, 0.2) is 0 Å². The van der Waals surface area contributed by atoms with Crippen LogP contribution in [0.15, 0.2) is 66.7 Å². The van der Waals surface area contributed by atoms with Gasteiger partial charge in [0.05, 0.1) is 33.8 Å². The SMILES string of the molecule is CN(C)C(=O)COCc1nc(-c2ccc(F)cc2)c(COc2ccc(-c3nc4cc(C(=O)O)ccc4n3C3CCCCC3)cc2)s1. The van der Waals surface area contributed by atoms with E-state index < -0.39 is 5.97 Å². The first kappa shape index (κ1) is 31.4. The molecule has 11 heteroatoms. The number of benzene rings is 3. The first-order chi connectivity index (χ1) is 22.3. The lowest BCUT2D eigenvalue weighted by atomic mass is 9.95.